The molecule has 1 rings (SSSR count). The second kappa shape index (κ2) is 3.40. The molecule has 0 amide bonds. The van der Waals surface area contributed by atoms with Crippen molar-refractivity contribution in [2.24, 2.45) is 5.92 Å². The third kappa shape index (κ3) is 1.68. The Bertz CT molecular complexity index is 300. The lowest BCUT2D eigenvalue weighted by Crippen LogP contribution is -2.33. The highest BCUT2D eigenvalue weighted by Gasteiger charge is 2.31. The molecular formula is C12H16O. The van der Waals surface area contributed by atoms with Crippen LogP contribution in [0.1, 0.15) is 27.2 Å². The molecule has 1 aliphatic carbocycles. The van der Waals surface area contributed by atoms with E-state index < -0.39 is 5.60 Å². The Hall–Kier alpha value is -1.00. The van der Waals surface area contributed by atoms with Gasteiger partial charge < -0.3 is 5.11 Å². The summed E-state index contributed by atoms with van der Waals surface area (Å²) in [5.74, 6) is 2.70. The van der Waals surface area contributed by atoms with Crippen molar-refractivity contribution in [2.75, 3.05) is 0 Å². The van der Waals surface area contributed by atoms with E-state index >= 15 is 0 Å². The summed E-state index contributed by atoms with van der Waals surface area (Å²) in [6, 6.07) is 0. The van der Waals surface area contributed by atoms with Crippen LogP contribution in [0.4, 0.5) is 0 Å². The van der Waals surface area contributed by atoms with E-state index in [1.165, 1.54) is 5.57 Å². The van der Waals surface area contributed by atoms with E-state index in [0.717, 1.165) is 12.0 Å². The Morgan fingerprint density at radius 3 is 2.77 bits per heavy atom. The van der Waals surface area contributed by atoms with Crippen LogP contribution in [0.2, 0.25) is 0 Å². The van der Waals surface area contributed by atoms with Gasteiger partial charge in [0.25, 0.3) is 0 Å². The second-order valence-corrected chi connectivity index (χ2v) is 3.72. The molecule has 0 heterocycles. The Labute approximate surface area is 80.2 Å². The minimum atomic E-state index is -0.791. The van der Waals surface area contributed by atoms with Gasteiger partial charge in [-0.15, -0.1) is 6.42 Å². The molecule has 1 aliphatic rings. The van der Waals surface area contributed by atoms with Crippen LogP contribution in [-0.2, 0) is 0 Å². The largest absolute Gasteiger partial charge is 0.385 e. The standard InChI is InChI=1S/C12H16O/c1-5-10-7-8-12(4,13)9(3)11(10)6-2/h2,7-9,13H,5H2,1,3-4H3. The highest BCUT2D eigenvalue weighted by Crippen LogP contribution is 2.33. The fraction of sp³-hybridized carbons (Fsp3) is 0.500. The zero-order chi connectivity index (χ0) is 10.1. The van der Waals surface area contributed by atoms with Crippen molar-refractivity contribution in [3.05, 3.63) is 23.3 Å². The summed E-state index contributed by atoms with van der Waals surface area (Å²) in [6.45, 7) is 5.83. The van der Waals surface area contributed by atoms with E-state index in [1.807, 2.05) is 19.1 Å². The summed E-state index contributed by atoms with van der Waals surface area (Å²) in [7, 11) is 0. The molecule has 0 radical (unpaired) electrons. The molecular weight excluding hydrogens is 160 g/mol. The lowest BCUT2D eigenvalue weighted by molar-refractivity contribution is 0.0692. The number of hydrogen-bond donors (Lipinski definition) is 1. The van der Waals surface area contributed by atoms with Gasteiger partial charge in [-0.1, -0.05) is 31.9 Å². The van der Waals surface area contributed by atoms with E-state index in [0.29, 0.717) is 0 Å². The number of hydrogen-bond acceptors (Lipinski definition) is 1. The van der Waals surface area contributed by atoms with Crippen LogP contribution in [0.3, 0.4) is 0 Å². The first-order chi connectivity index (χ1) is 6.03. The number of allylic oxidation sites excluding steroid dienone is 2. The Morgan fingerprint density at radius 1 is 1.69 bits per heavy atom. The molecule has 1 nitrogen and oxygen atoms in total. The van der Waals surface area contributed by atoms with E-state index in [-0.39, 0.29) is 5.92 Å². The van der Waals surface area contributed by atoms with Crippen molar-refractivity contribution in [1.82, 2.24) is 0 Å². The molecule has 13 heavy (non-hydrogen) atoms. The van der Waals surface area contributed by atoms with Gasteiger partial charge in [0.1, 0.15) is 0 Å². The van der Waals surface area contributed by atoms with E-state index in [2.05, 4.69) is 12.8 Å². The fourth-order valence-corrected chi connectivity index (χ4v) is 1.60. The molecule has 70 valence electrons. The van der Waals surface area contributed by atoms with Crippen molar-refractivity contribution in [1.29, 1.82) is 0 Å². The Balaban J connectivity index is 3.13. The van der Waals surface area contributed by atoms with Gasteiger partial charge in [-0.25, -0.2) is 0 Å². The molecule has 0 aromatic rings. The molecule has 2 atom stereocenters. The first-order valence-corrected chi connectivity index (χ1v) is 4.64. The van der Waals surface area contributed by atoms with Crippen LogP contribution < -0.4 is 0 Å². The number of rotatable bonds is 1. The summed E-state index contributed by atoms with van der Waals surface area (Å²) in [5, 5.41) is 9.94. The van der Waals surface area contributed by atoms with Gasteiger partial charge in [-0.3, -0.25) is 0 Å². The summed E-state index contributed by atoms with van der Waals surface area (Å²) in [5.41, 5.74) is 1.32. The summed E-state index contributed by atoms with van der Waals surface area (Å²) in [6.07, 6.45) is 10.1. The maximum atomic E-state index is 9.94. The molecule has 1 N–H and O–H groups in total. The highest BCUT2D eigenvalue weighted by molar-refractivity contribution is 5.44. The topological polar surface area (TPSA) is 20.2 Å². The average molecular weight is 176 g/mol. The maximum Gasteiger partial charge on any atom is 0.0874 e. The Kier molecular flexibility index (Phi) is 2.63. The number of aliphatic hydroxyl groups is 1. The summed E-state index contributed by atoms with van der Waals surface area (Å²) >= 11 is 0. The average Bonchev–Trinajstić information content (AvgIpc) is 2.09. The minimum Gasteiger partial charge on any atom is -0.385 e. The van der Waals surface area contributed by atoms with Crippen molar-refractivity contribution in [3.8, 4) is 12.3 Å². The quantitative estimate of drug-likeness (QED) is 0.608. The van der Waals surface area contributed by atoms with Gasteiger partial charge in [0, 0.05) is 11.5 Å². The van der Waals surface area contributed by atoms with Crippen LogP contribution in [-0.4, -0.2) is 10.7 Å². The molecule has 0 bridgehead atoms. The van der Waals surface area contributed by atoms with Crippen molar-refractivity contribution in [2.45, 2.75) is 32.8 Å². The number of terminal acetylenes is 1. The first-order valence-electron chi connectivity index (χ1n) is 4.64. The van der Waals surface area contributed by atoms with Crippen LogP contribution >= 0.6 is 0 Å². The van der Waals surface area contributed by atoms with E-state index in [1.54, 1.807) is 6.92 Å². The van der Waals surface area contributed by atoms with Crippen molar-refractivity contribution in [3.63, 3.8) is 0 Å². The van der Waals surface area contributed by atoms with Crippen molar-refractivity contribution < 1.29 is 5.11 Å². The van der Waals surface area contributed by atoms with Gasteiger partial charge in [-0.05, 0) is 18.9 Å². The van der Waals surface area contributed by atoms with Gasteiger partial charge >= 0.3 is 0 Å². The monoisotopic (exact) mass is 176 g/mol. The van der Waals surface area contributed by atoms with Crippen LogP contribution in [0.25, 0.3) is 0 Å². The molecule has 0 fully saturated rings. The molecule has 0 aromatic carbocycles. The van der Waals surface area contributed by atoms with Crippen molar-refractivity contribution >= 4 is 0 Å². The van der Waals surface area contributed by atoms with Gasteiger partial charge in [-0.2, -0.15) is 0 Å². The molecule has 0 saturated carbocycles. The predicted molar refractivity (Wildman–Crippen MR) is 55.1 cm³/mol. The molecule has 0 aliphatic heterocycles. The smallest absolute Gasteiger partial charge is 0.0874 e. The van der Waals surface area contributed by atoms with Crippen LogP contribution in [0.5, 0.6) is 0 Å². The maximum absolute atomic E-state index is 9.94. The zero-order valence-electron chi connectivity index (χ0n) is 8.46. The first kappa shape index (κ1) is 10.1. The Morgan fingerprint density at radius 2 is 2.31 bits per heavy atom. The van der Waals surface area contributed by atoms with E-state index in [9.17, 15) is 5.11 Å². The van der Waals surface area contributed by atoms with Gasteiger partial charge in [0.05, 0.1) is 5.60 Å². The SMILES string of the molecule is C#CC1=C(CC)C=CC(C)(O)C1C. The lowest BCUT2D eigenvalue weighted by atomic mass is 9.78. The molecule has 0 aromatic heterocycles. The molecule has 0 saturated heterocycles. The fourth-order valence-electron chi connectivity index (χ4n) is 1.60. The minimum absolute atomic E-state index is 0.0254. The zero-order valence-corrected chi connectivity index (χ0v) is 8.46. The van der Waals surface area contributed by atoms with Gasteiger partial charge in [0.15, 0.2) is 0 Å². The highest BCUT2D eigenvalue weighted by atomic mass is 16.3. The molecule has 2 unspecified atom stereocenters. The molecule has 0 spiro atoms. The third-order valence-corrected chi connectivity index (χ3v) is 2.81. The third-order valence-electron chi connectivity index (χ3n) is 2.81. The summed E-state index contributed by atoms with van der Waals surface area (Å²) in [4.78, 5) is 0. The second-order valence-electron chi connectivity index (χ2n) is 3.72. The van der Waals surface area contributed by atoms with Crippen LogP contribution in [0.15, 0.2) is 23.3 Å². The predicted octanol–water partition coefficient (Wildman–Crippen LogP) is 2.28. The van der Waals surface area contributed by atoms with Crippen LogP contribution in [0, 0.1) is 18.3 Å². The normalized spacial score (nSPS) is 33.3. The lowest BCUT2D eigenvalue weighted by Gasteiger charge is -2.31. The summed E-state index contributed by atoms with van der Waals surface area (Å²) < 4.78 is 0. The van der Waals surface area contributed by atoms with E-state index in [4.69, 9.17) is 6.42 Å². The molecule has 1 heteroatoms. The van der Waals surface area contributed by atoms with Gasteiger partial charge in [0.2, 0.25) is 0 Å².